The average Bonchev–Trinajstić information content (AvgIpc) is 2.83. The van der Waals surface area contributed by atoms with Crippen LogP contribution in [0, 0.1) is 28.6 Å². The molecule has 0 aromatic carbocycles. The van der Waals surface area contributed by atoms with Crippen molar-refractivity contribution in [1.82, 2.24) is 0 Å². The number of aliphatic hydroxyl groups is 3. The Morgan fingerprint density at radius 1 is 1.33 bits per heavy atom. The fraction of sp³-hybridized carbons (Fsp3) is 0.773. The van der Waals surface area contributed by atoms with Crippen molar-refractivity contribution in [2.45, 2.75) is 70.2 Å². The van der Waals surface area contributed by atoms with Crippen LogP contribution in [0.5, 0.6) is 0 Å². The molecule has 4 aliphatic carbocycles. The SMILES string of the molecule is C[C@H]1C[C@H]2[C@@H]3CCC4=CCC=C[C@]4(C)[C@@]3(F)[C@@H](O)C[C@]2(C)[C@@]1(O)C(=O)CO. The molecule has 4 rings (SSSR count). The summed E-state index contributed by atoms with van der Waals surface area (Å²) in [6, 6.07) is 0. The van der Waals surface area contributed by atoms with Crippen molar-refractivity contribution in [3.8, 4) is 0 Å². The largest absolute Gasteiger partial charge is 0.390 e. The van der Waals surface area contributed by atoms with E-state index in [1.807, 2.05) is 26.0 Å². The van der Waals surface area contributed by atoms with Crippen LogP contribution in [0.3, 0.4) is 0 Å². The minimum Gasteiger partial charge on any atom is -0.390 e. The molecule has 0 bridgehead atoms. The second-order valence-corrected chi connectivity index (χ2v) is 9.71. The molecule has 3 fully saturated rings. The van der Waals surface area contributed by atoms with Gasteiger partial charge in [-0.25, -0.2) is 4.39 Å². The summed E-state index contributed by atoms with van der Waals surface area (Å²) in [5.74, 6) is -1.64. The van der Waals surface area contributed by atoms with Gasteiger partial charge < -0.3 is 15.3 Å². The number of aliphatic hydroxyl groups excluding tert-OH is 2. The van der Waals surface area contributed by atoms with Gasteiger partial charge in [-0.1, -0.05) is 37.6 Å². The zero-order valence-corrected chi connectivity index (χ0v) is 16.4. The smallest absolute Gasteiger partial charge is 0.190 e. The van der Waals surface area contributed by atoms with Crippen molar-refractivity contribution in [2.75, 3.05) is 6.61 Å². The summed E-state index contributed by atoms with van der Waals surface area (Å²) in [6.45, 7) is 4.76. The second-order valence-electron chi connectivity index (χ2n) is 9.71. The maximum Gasteiger partial charge on any atom is 0.190 e. The zero-order valence-electron chi connectivity index (χ0n) is 16.4. The van der Waals surface area contributed by atoms with Crippen LogP contribution in [0.4, 0.5) is 4.39 Å². The molecule has 150 valence electrons. The van der Waals surface area contributed by atoms with Gasteiger partial charge in [0.2, 0.25) is 0 Å². The highest BCUT2D eigenvalue weighted by atomic mass is 19.1. The van der Waals surface area contributed by atoms with Gasteiger partial charge in [0, 0.05) is 16.7 Å². The molecule has 8 atom stereocenters. The van der Waals surface area contributed by atoms with E-state index in [2.05, 4.69) is 6.08 Å². The number of alkyl halides is 1. The van der Waals surface area contributed by atoms with Gasteiger partial charge in [-0.15, -0.1) is 0 Å². The number of halogens is 1. The summed E-state index contributed by atoms with van der Waals surface area (Å²) in [5, 5.41) is 32.0. The van der Waals surface area contributed by atoms with Crippen molar-refractivity contribution in [1.29, 1.82) is 0 Å². The number of hydrogen-bond donors (Lipinski definition) is 3. The Morgan fingerprint density at radius 3 is 2.70 bits per heavy atom. The molecule has 0 saturated heterocycles. The van der Waals surface area contributed by atoms with E-state index in [1.165, 1.54) is 0 Å². The lowest BCUT2D eigenvalue weighted by Gasteiger charge is -2.62. The molecule has 0 radical (unpaired) electrons. The Morgan fingerprint density at radius 2 is 2.04 bits per heavy atom. The predicted molar refractivity (Wildman–Crippen MR) is 99.6 cm³/mol. The summed E-state index contributed by atoms with van der Waals surface area (Å²) < 4.78 is 16.8. The minimum absolute atomic E-state index is 0.0218. The second kappa shape index (κ2) is 5.74. The van der Waals surface area contributed by atoms with Crippen LogP contribution in [0.25, 0.3) is 0 Å². The number of carbonyl (C=O) groups is 1. The number of rotatable bonds is 2. The standard InChI is InChI=1S/C22H31FO4/c1-13-10-16-15-8-7-14-6-4-5-9-19(14,2)21(15,23)17(25)11-20(16,3)22(13,27)18(26)12-24/h5-6,9,13,15-17,24-25,27H,4,7-8,10-12H2,1-3H3/t13-,15-,16-,17-,19-,20-,21-,22-/m0/s1. The van der Waals surface area contributed by atoms with Gasteiger partial charge in [-0.3, -0.25) is 4.79 Å². The molecule has 4 nitrogen and oxygen atoms in total. The molecule has 0 aliphatic heterocycles. The van der Waals surface area contributed by atoms with Crippen molar-refractivity contribution in [2.24, 2.45) is 28.6 Å². The molecule has 0 aromatic heterocycles. The first-order valence-corrected chi connectivity index (χ1v) is 10.2. The van der Waals surface area contributed by atoms with E-state index in [9.17, 15) is 20.1 Å². The lowest BCUT2D eigenvalue weighted by molar-refractivity contribution is -0.219. The summed E-state index contributed by atoms with van der Waals surface area (Å²) in [4.78, 5) is 12.5. The highest BCUT2D eigenvalue weighted by molar-refractivity contribution is 5.90. The van der Waals surface area contributed by atoms with Crippen molar-refractivity contribution in [3.05, 3.63) is 23.8 Å². The lowest BCUT2D eigenvalue weighted by atomic mass is 9.44. The van der Waals surface area contributed by atoms with E-state index in [1.54, 1.807) is 6.92 Å². The third kappa shape index (κ3) is 2.01. The summed E-state index contributed by atoms with van der Waals surface area (Å²) in [7, 11) is 0. The number of fused-ring (bicyclic) bond motifs is 5. The van der Waals surface area contributed by atoms with Crippen LogP contribution in [0.1, 0.15) is 52.9 Å². The van der Waals surface area contributed by atoms with Gasteiger partial charge in [0.05, 0.1) is 6.10 Å². The maximum absolute atomic E-state index is 16.8. The van der Waals surface area contributed by atoms with Crippen molar-refractivity contribution >= 4 is 5.78 Å². The normalized spacial score (nSPS) is 54.0. The van der Waals surface area contributed by atoms with E-state index in [-0.39, 0.29) is 18.3 Å². The van der Waals surface area contributed by atoms with Crippen LogP contribution in [-0.2, 0) is 4.79 Å². The highest BCUT2D eigenvalue weighted by Gasteiger charge is 2.75. The topological polar surface area (TPSA) is 77.8 Å². The Bertz CT molecular complexity index is 732. The van der Waals surface area contributed by atoms with E-state index in [4.69, 9.17) is 0 Å². The molecule has 0 amide bonds. The molecule has 5 heteroatoms. The maximum atomic E-state index is 16.8. The quantitative estimate of drug-likeness (QED) is 0.646. The molecule has 3 N–H and O–H groups in total. The lowest BCUT2D eigenvalue weighted by Crippen LogP contribution is -2.69. The van der Waals surface area contributed by atoms with Crippen LogP contribution >= 0.6 is 0 Å². The van der Waals surface area contributed by atoms with Gasteiger partial charge in [0.15, 0.2) is 11.5 Å². The molecular formula is C22H31FO4. The van der Waals surface area contributed by atoms with Gasteiger partial charge in [-0.05, 0) is 50.9 Å². The molecule has 27 heavy (non-hydrogen) atoms. The number of ketones is 1. The fourth-order valence-corrected chi connectivity index (χ4v) is 7.40. The first-order valence-electron chi connectivity index (χ1n) is 10.2. The molecule has 0 heterocycles. The Kier molecular flexibility index (Phi) is 4.10. The van der Waals surface area contributed by atoms with Crippen LogP contribution in [-0.4, -0.2) is 45.1 Å². The number of hydrogen-bond acceptors (Lipinski definition) is 4. The van der Waals surface area contributed by atoms with Crippen LogP contribution < -0.4 is 0 Å². The third-order valence-electron chi connectivity index (χ3n) is 8.85. The van der Waals surface area contributed by atoms with Gasteiger partial charge in [-0.2, -0.15) is 0 Å². The van der Waals surface area contributed by atoms with Crippen molar-refractivity contribution < 1.29 is 24.5 Å². The minimum atomic E-state index is -1.81. The van der Waals surface area contributed by atoms with Crippen LogP contribution in [0.15, 0.2) is 23.8 Å². The number of Topliss-reactive ketones (excluding diaryl/α,β-unsaturated/α-hetero) is 1. The number of allylic oxidation sites excluding steroid dienone is 4. The molecule has 4 aliphatic rings. The third-order valence-corrected chi connectivity index (χ3v) is 8.85. The van der Waals surface area contributed by atoms with Gasteiger partial charge in [0.1, 0.15) is 12.2 Å². The molecule has 3 saturated carbocycles. The van der Waals surface area contributed by atoms with Gasteiger partial charge in [0.25, 0.3) is 0 Å². The average molecular weight is 378 g/mol. The Balaban J connectivity index is 1.84. The summed E-state index contributed by atoms with van der Waals surface area (Å²) in [6.07, 6.45) is 7.43. The zero-order chi connectivity index (χ0) is 19.8. The Hall–Kier alpha value is -1.04. The predicted octanol–water partition coefficient (Wildman–Crippen LogP) is 2.72. The summed E-state index contributed by atoms with van der Waals surface area (Å²) >= 11 is 0. The van der Waals surface area contributed by atoms with E-state index < -0.39 is 46.5 Å². The first-order chi connectivity index (χ1) is 12.6. The highest BCUT2D eigenvalue weighted by Crippen LogP contribution is 2.70. The molecule has 0 aromatic rings. The van der Waals surface area contributed by atoms with E-state index in [0.717, 1.165) is 18.4 Å². The first kappa shape index (κ1) is 19.3. The van der Waals surface area contributed by atoms with E-state index in [0.29, 0.717) is 12.8 Å². The fourth-order valence-electron chi connectivity index (χ4n) is 7.40. The molecule has 0 spiro atoms. The number of carbonyl (C=O) groups excluding carboxylic acids is 1. The van der Waals surface area contributed by atoms with Crippen LogP contribution in [0.2, 0.25) is 0 Å². The molecule has 0 unspecified atom stereocenters. The Labute approximate surface area is 160 Å². The molecular weight excluding hydrogens is 347 g/mol. The van der Waals surface area contributed by atoms with Crippen molar-refractivity contribution in [3.63, 3.8) is 0 Å². The van der Waals surface area contributed by atoms with E-state index >= 15 is 4.39 Å². The monoisotopic (exact) mass is 378 g/mol. The summed E-state index contributed by atoms with van der Waals surface area (Å²) in [5.41, 5.74) is -4.28. The van der Waals surface area contributed by atoms with Gasteiger partial charge >= 0.3 is 0 Å².